The molecule has 0 amide bonds. The summed E-state index contributed by atoms with van der Waals surface area (Å²) in [5, 5.41) is 4.40. The Labute approximate surface area is 217 Å². The van der Waals surface area contributed by atoms with Gasteiger partial charge in [0.25, 0.3) is 0 Å². The van der Waals surface area contributed by atoms with E-state index in [0.29, 0.717) is 5.56 Å². The fourth-order valence-electron chi connectivity index (χ4n) is 4.48. The van der Waals surface area contributed by atoms with Crippen LogP contribution in [0.15, 0.2) is 97.1 Å². The van der Waals surface area contributed by atoms with Crippen LogP contribution in [0.5, 0.6) is 11.5 Å². The van der Waals surface area contributed by atoms with Gasteiger partial charge in [-0.05, 0) is 39.2 Å². The number of ether oxygens (including phenoxy) is 3. The van der Waals surface area contributed by atoms with Crippen molar-refractivity contribution >= 4 is 27.5 Å². The smallest absolute Gasteiger partial charge is 0.314 e. The molecule has 5 aromatic rings. The van der Waals surface area contributed by atoms with E-state index in [1.807, 2.05) is 36.4 Å². The molecule has 0 N–H and O–H groups in total. The fraction of sp³-hybridized carbons (Fsp3) is 0.100. The fourth-order valence-corrected chi connectivity index (χ4v) is 4.48. The maximum absolute atomic E-state index is 12.7. The predicted octanol–water partition coefficient (Wildman–Crippen LogP) is 6.45. The van der Waals surface area contributed by atoms with Crippen molar-refractivity contribution < 1.29 is 39.4 Å². The van der Waals surface area contributed by atoms with Gasteiger partial charge in [-0.25, -0.2) is 4.79 Å². The van der Waals surface area contributed by atoms with Gasteiger partial charge >= 0.3 is 5.97 Å². The van der Waals surface area contributed by atoms with E-state index in [9.17, 15) is 4.79 Å². The summed E-state index contributed by atoms with van der Waals surface area (Å²) in [7, 11) is 0. The Kier molecular flexibility index (Phi) is 6.55. The number of fused-ring (bicyclic) bond motifs is 7. The SMILES string of the molecule is O=C(OC1COc2ccc3ccccc3c2-c2c(ccc3ccccc23)OC1)c1cc[c-]cc1.[Re]. The van der Waals surface area contributed by atoms with Crippen LogP contribution in [0.4, 0.5) is 0 Å². The predicted molar refractivity (Wildman–Crippen MR) is 132 cm³/mol. The quantitative estimate of drug-likeness (QED) is 0.166. The Hall–Kier alpha value is -3.65. The number of rotatable bonds is 2. The summed E-state index contributed by atoms with van der Waals surface area (Å²) in [6, 6.07) is 34.3. The van der Waals surface area contributed by atoms with Crippen molar-refractivity contribution in [2.24, 2.45) is 0 Å². The molecule has 1 aliphatic rings. The van der Waals surface area contributed by atoms with Crippen molar-refractivity contribution in [2.75, 3.05) is 13.2 Å². The van der Waals surface area contributed by atoms with Crippen molar-refractivity contribution in [2.45, 2.75) is 6.10 Å². The zero-order chi connectivity index (χ0) is 22.9. The van der Waals surface area contributed by atoms with E-state index in [2.05, 4.69) is 42.5 Å². The zero-order valence-corrected chi connectivity index (χ0v) is 21.5. The monoisotopic (exact) mass is 632 g/mol. The largest absolute Gasteiger partial charge is 0.489 e. The number of hydrogen-bond donors (Lipinski definition) is 0. The second-order valence-electron chi connectivity index (χ2n) is 8.26. The van der Waals surface area contributed by atoms with Crippen molar-refractivity contribution in [3.63, 3.8) is 0 Å². The summed E-state index contributed by atoms with van der Waals surface area (Å²) >= 11 is 0. The van der Waals surface area contributed by atoms with Crippen LogP contribution < -0.4 is 9.47 Å². The summed E-state index contributed by atoms with van der Waals surface area (Å²) in [5.74, 6) is 1.05. The molecule has 35 heavy (non-hydrogen) atoms. The maximum Gasteiger partial charge on any atom is 0.314 e. The van der Waals surface area contributed by atoms with E-state index in [1.165, 1.54) is 0 Å². The van der Waals surface area contributed by atoms with Gasteiger partial charge in [0.2, 0.25) is 0 Å². The van der Waals surface area contributed by atoms with Crippen molar-refractivity contribution in [3.8, 4) is 22.6 Å². The van der Waals surface area contributed by atoms with E-state index in [4.69, 9.17) is 14.2 Å². The van der Waals surface area contributed by atoms with Crippen molar-refractivity contribution in [1.82, 2.24) is 0 Å². The van der Waals surface area contributed by atoms with Gasteiger partial charge in [0, 0.05) is 31.5 Å². The Morgan fingerprint density at radius 1 is 0.714 bits per heavy atom. The minimum absolute atomic E-state index is 0. The van der Waals surface area contributed by atoms with Gasteiger partial charge in [-0.15, -0.1) is 0 Å². The third-order valence-corrected chi connectivity index (χ3v) is 6.11. The molecule has 0 atom stereocenters. The summed E-state index contributed by atoms with van der Waals surface area (Å²) in [6.45, 7) is 0.365. The maximum atomic E-state index is 12.7. The molecule has 5 heteroatoms. The summed E-state index contributed by atoms with van der Waals surface area (Å²) in [6.07, 6.45) is -0.576. The van der Waals surface area contributed by atoms with Gasteiger partial charge in [0.15, 0.2) is 6.10 Å². The van der Waals surface area contributed by atoms with E-state index in [1.54, 1.807) is 24.3 Å². The van der Waals surface area contributed by atoms with Crippen LogP contribution in [0.1, 0.15) is 10.4 Å². The van der Waals surface area contributed by atoms with Crippen LogP contribution in [-0.4, -0.2) is 25.3 Å². The molecule has 173 valence electrons. The summed E-state index contributed by atoms with van der Waals surface area (Å²) in [4.78, 5) is 12.7. The molecule has 5 aromatic carbocycles. The van der Waals surface area contributed by atoms with Crippen molar-refractivity contribution in [1.29, 1.82) is 0 Å². The van der Waals surface area contributed by atoms with Gasteiger partial charge in [0.05, 0.1) is 0 Å². The minimum Gasteiger partial charge on any atom is -0.489 e. The molecular weight excluding hydrogens is 611 g/mol. The van der Waals surface area contributed by atoms with Crippen LogP contribution in [0.25, 0.3) is 32.7 Å². The number of hydrogen-bond acceptors (Lipinski definition) is 4. The Morgan fingerprint density at radius 2 is 1.23 bits per heavy atom. The molecule has 0 spiro atoms. The molecule has 1 heterocycles. The zero-order valence-electron chi connectivity index (χ0n) is 18.7. The van der Waals surface area contributed by atoms with Gasteiger partial charge < -0.3 is 14.2 Å². The minimum atomic E-state index is -0.576. The first-order valence-electron chi connectivity index (χ1n) is 11.2. The van der Waals surface area contributed by atoms with Crippen LogP contribution in [-0.2, 0) is 25.2 Å². The van der Waals surface area contributed by atoms with Gasteiger partial charge in [-0.3, -0.25) is 0 Å². The van der Waals surface area contributed by atoms with Crippen LogP contribution in [0.2, 0.25) is 0 Å². The van der Waals surface area contributed by atoms with Crippen molar-refractivity contribution in [3.05, 3.63) is 109 Å². The molecule has 1 radical (unpaired) electrons. The van der Waals surface area contributed by atoms with Crippen LogP contribution in [0, 0.1) is 6.07 Å². The molecule has 0 aliphatic carbocycles. The van der Waals surface area contributed by atoms with E-state index < -0.39 is 12.1 Å². The average molecular weight is 632 g/mol. The third-order valence-electron chi connectivity index (χ3n) is 6.11. The molecule has 0 aromatic heterocycles. The topological polar surface area (TPSA) is 44.8 Å². The summed E-state index contributed by atoms with van der Waals surface area (Å²) < 4.78 is 18.4. The van der Waals surface area contributed by atoms with Gasteiger partial charge in [-0.2, -0.15) is 30.3 Å². The van der Waals surface area contributed by atoms with Crippen LogP contribution >= 0.6 is 0 Å². The van der Waals surface area contributed by atoms with E-state index >= 15 is 0 Å². The second-order valence-corrected chi connectivity index (χ2v) is 8.26. The Morgan fingerprint density at radius 3 is 1.77 bits per heavy atom. The first-order chi connectivity index (χ1) is 16.8. The molecule has 0 bridgehead atoms. The average Bonchev–Trinajstić information content (AvgIpc) is 2.97. The van der Waals surface area contributed by atoms with Crippen LogP contribution in [0.3, 0.4) is 0 Å². The Bertz CT molecular complexity index is 1420. The van der Waals surface area contributed by atoms with Gasteiger partial charge in [-0.1, -0.05) is 60.7 Å². The number of carbonyl (C=O) groups excluding carboxylic acids is 1. The molecule has 0 saturated heterocycles. The number of esters is 1. The third kappa shape index (κ3) is 4.41. The second kappa shape index (κ2) is 9.92. The normalized spacial score (nSPS) is 13.1. The van der Waals surface area contributed by atoms with E-state index in [-0.39, 0.29) is 33.6 Å². The number of benzene rings is 5. The first kappa shape index (κ1) is 23.1. The summed E-state index contributed by atoms with van der Waals surface area (Å²) in [5.41, 5.74) is 2.43. The molecule has 6 rings (SSSR count). The van der Waals surface area contributed by atoms with E-state index in [0.717, 1.165) is 44.2 Å². The van der Waals surface area contributed by atoms with Gasteiger partial charge in [0.1, 0.15) is 24.7 Å². The standard InChI is InChI=1S/C30H21O4.Re/c31-30(22-10-2-1-3-11-22)34-23-18-32-26-16-14-20-8-4-6-12-24(20)28(26)29-25-13-7-5-9-21(25)15-17-27(29)33-19-23;/h2-17,23H,18-19H2;/q-1;. The molecular formula is C30H21O4Re-. The molecule has 0 fully saturated rings. The molecule has 4 nitrogen and oxygen atoms in total. The first-order valence-corrected chi connectivity index (χ1v) is 11.2. The molecule has 0 saturated carbocycles. The molecule has 1 aliphatic heterocycles. The Balaban J connectivity index is 0.00000253. The molecule has 0 unspecified atom stereocenters. The number of carbonyl (C=O) groups is 1.